The van der Waals surface area contributed by atoms with Gasteiger partial charge in [-0.25, -0.2) is 0 Å². The molecule has 1 heteroatoms. The van der Waals surface area contributed by atoms with Gasteiger partial charge in [-0.15, -0.1) is 11.8 Å². The van der Waals surface area contributed by atoms with Gasteiger partial charge in [-0.05, 0) is 42.5 Å². The predicted octanol–water partition coefficient (Wildman–Crippen LogP) is 5.36. The number of aryl methyl sites for hydroxylation is 2. The maximum absolute atomic E-state index is 2.35. The summed E-state index contributed by atoms with van der Waals surface area (Å²) >= 11 is 1.96. The lowest BCUT2D eigenvalue weighted by molar-refractivity contribution is 0.793. The lowest BCUT2D eigenvalue weighted by Gasteiger charge is -2.05. The zero-order chi connectivity index (χ0) is 13.3. The monoisotopic (exact) mass is 270 g/mol. The lowest BCUT2D eigenvalue weighted by Crippen LogP contribution is -1.89. The minimum Gasteiger partial charge on any atom is -0.126 e. The second kappa shape index (κ2) is 8.06. The molecule has 0 aliphatic carbocycles. The summed E-state index contributed by atoms with van der Waals surface area (Å²) < 4.78 is 0. The van der Waals surface area contributed by atoms with E-state index in [9.17, 15) is 0 Å². The normalized spacial score (nSPS) is 10.6. The highest BCUT2D eigenvalue weighted by molar-refractivity contribution is 7.99. The van der Waals surface area contributed by atoms with E-state index in [2.05, 4.69) is 61.5 Å². The number of rotatable bonds is 7. The van der Waals surface area contributed by atoms with Crippen molar-refractivity contribution in [2.24, 2.45) is 0 Å². The van der Waals surface area contributed by atoms with Crippen molar-refractivity contribution in [1.29, 1.82) is 0 Å². The van der Waals surface area contributed by atoms with Crippen LogP contribution in [-0.2, 0) is 12.8 Å². The van der Waals surface area contributed by atoms with Crippen molar-refractivity contribution in [1.82, 2.24) is 0 Å². The van der Waals surface area contributed by atoms with Crippen LogP contribution in [0.5, 0.6) is 0 Å². The van der Waals surface area contributed by atoms with Gasteiger partial charge < -0.3 is 0 Å². The SMILES string of the molecule is CCCCc1cccc(SCCc2ccccc2)c1. The van der Waals surface area contributed by atoms with Crippen molar-refractivity contribution in [3.63, 3.8) is 0 Å². The summed E-state index contributed by atoms with van der Waals surface area (Å²) in [6.07, 6.45) is 4.91. The minimum absolute atomic E-state index is 1.14. The van der Waals surface area contributed by atoms with E-state index in [0.29, 0.717) is 0 Å². The molecule has 0 unspecified atom stereocenters. The first-order chi connectivity index (χ1) is 9.38. The first kappa shape index (κ1) is 14.2. The van der Waals surface area contributed by atoms with Crippen LogP contribution in [-0.4, -0.2) is 5.75 Å². The average molecular weight is 270 g/mol. The third kappa shape index (κ3) is 5.12. The zero-order valence-corrected chi connectivity index (χ0v) is 12.5. The van der Waals surface area contributed by atoms with E-state index >= 15 is 0 Å². The topological polar surface area (TPSA) is 0 Å². The number of thioether (sulfide) groups is 1. The molecule has 0 nitrogen and oxygen atoms in total. The van der Waals surface area contributed by atoms with Gasteiger partial charge in [-0.3, -0.25) is 0 Å². The zero-order valence-electron chi connectivity index (χ0n) is 11.6. The summed E-state index contributed by atoms with van der Waals surface area (Å²) in [5.74, 6) is 1.15. The third-order valence-corrected chi connectivity index (χ3v) is 4.22. The smallest absolute Gasteiger partial charge is 0.00747 e. The minimum atomic E-state index is 1.14. The summed E-state index contributed by atoms with van der Waals surface area (Å²) in [4.78, 5) is 1.41. The first-order valence-electron chi connectivity index (χ1n) is 7.14. The lowest BCUT2D eigenvalue weighted by atomic mass is 10.1. The maximum atomic E-state index is 2.35. The second-order valence-electron chi connectivity index (χ2n) is 4.84. The Morgan fingerprint density at radius 1 is 0.842 bits per heavy atom. The molecule has 2 aromatic rings. The van der Waals surface area contributed by atoms with Crippen LogP contribution in [0.25, 0.3) is 0 Å². The number of hydrogen-bond acceptors (Lipinski definition) is 1. The molecule has 19 heavy (non-hydrogen) atoms. The van der Waals surface area contributed by atoms with Gasteiger partial charge in [0.15, 0.2) is 0 Å². The van der Waals surface area contributed by atoms with Crippen LogP contribution in [0.1, 0.15) is 30.9 Å². The predicted molar refractivity (Wildman–Crippen MR) is 85.9 cm³/mol. The first-order valence-corrected chi connectivity index (χ1v) is 8.12. The van der Waals surface area contributed by atoms with E-state index < -0.39 is 0 Å². The van der Waals surface area contributed by atoms with Crippen molar-refractivity contribution in [2.75, 3.05) is 5.75 Å². The Morgan fingerprint density at radius 2 is 1.63 bits per heavy atom. The number of hydrogen-bond donors (Lipinski definition) is 0. The molecule has 2 aromatic carbocycles. The molecule has 0 heterocycles. The molecule has 0 amide bonds. The summed E-state index contributed by atoms with van der Waals surface area (Å²) in [6, 6.07) is 19.7. The van der Waals surface area contributed by atoms with Crippen LogP contribution in [0, 0.1) is 0 Å². The molecule has 0 fully saturated rings. The molecule has 0 spiro atoms. The molecule has 0 saturated heterocycles. The van der Waals surface area contributed by atoms with Crippen molar-refractivity contribution >= 4 is 11.8 Å². The third-order valence-electron chi connectivity index (χ3n) is 3.22. The molecule has 0 saturated carbocycles. The molecule has 0 aliphatic rings. The van der Waals surface area contributed by atoms with Crippen LogP contribution in [0.3, 0.4) is 0 Å². The van der Waals surface area contributed by atoms with Gasteiger partial charge in [-0.1, -0.05) is 55.8 Å². The quantitative estimate of drug-likeness (QED) is 0.610. The fourth-order valence-corrected chi connectivity index (χ4v) is 3.09. The van der Waals surface area contributed by atoms with Crippen LogP contribution in [0.2, 0.25) is 0 Å². The molecule has 0 atom stereocenters. The van der Waals surface area contributed by atoms with Gasteiger partial charge in [0, 0.05) is 10.6 Å². The van der Waals surface area contributed by atoms with Gasteiger partial charge in [0.2, 0.25) is 0 Å². The number of benzene rings is 2. The van der Waals surface area contributed by atoms with E-state index in [1.807, 2.05) is 11.8 Å². The van der Waals surface area contributed by atoms with Crippen molar-refractivity contribution in [2.45, 2.75) is 37.5 Å². The highest BCUT2D eigenvalue weighted by Crippen LogP contribution is 2.21. The molecule has 0 N–H and O–H groups in total. The standard InChI is InChI=1S/C18H22S/c1-2-3-8-17-11-7-12-18(15-17)19-14-13-16-9-5-4-6-10-16/h4-7,9-12,15H,2-3,8,13-14H2,1H3. The van der Waals surface area contributed by atoms with Crippen molar-refractivity contribution in [3.8, 4) is 0 Å². The molecule has 0 aliphatic heterocycles. The molecular formula is C18H22S. The van der Waals surface area contributed by atoms with E-state index in [1.165, 1.54) is 35.3 Å². The van der Waals surface area contributed by atoms with Gasteiger partial charge in [0.25, 0.3) is 0 Å². The Hall–Kier alpha value is -1.21. The Kier molecular flexibility index (Phi) is 6.03. The molecule has 0 radical (unpaired) electrons. The Labute approximate surface area is 121 Å². The van der Waals surface area contributed by atoms with Crippen LogP contribution < -0.4 is 0 Å². The summed E-state index contributed by atoms with van der Waals surface area (Å²) in [5.41, 5.74) is 2.91. The van der Waals surface area contributed by atoms with Gasteiger partial charge in [-0.2, -0.15) is 0 Å². The Bertz CT molecular complexity index is 476. The second-order valence-corrected chi connectivity index (χ2v) is 6.00. The summed E-state index contributed by atoms with van der Waals surface area (Å²) in [7, 11) is 0. The van der Waals surface area contributed by atoms with E-state index in [-0.39, 0.29) is 0 Å². The summed E-state index contributed by atoms with van der Waals surface area (Å²) in [6.45, 7) is 2.25. The summed E-state index contributed by atoms with van der Waals surface area (Å²) in [5, 5.41) is 0. The highest BCUT2D eigenvalue weighted by Gasteiger charge is 1.98. The van der Waals surface area contributed by atoms with Gasteiger partial charge in [0.05, 0.1) is 0 Å². The van der Waals surface area contributed by atoms with Crippen LogP contribution in [0.15, 0.2) is 59.5 Å². The van der Waals surface area contributed by atoms with E-state index in [1.54, 1.807) is 0 Å². The molecular weight excluding hydrogens is 248 g/mol. The molecule has 0 aromatic heterocycles. The Morgan fingerprint density at radius 3 is 2.42 bits per heavy atom. The highest BCUT2D eigenvalue weighted by atomic mass is 32.2. The van der Waals surface area contributed by atoms with Crippen LogP contribution in [0.4, 0.5) is 0 Å². The van der Waals surface area contributed by atoms with E-state index in [4.69, 9.17) is 0 Å². The van der Waals surface area contributed by atoms with E-state index in [0.717, 1.165) is 12.2 Å². The van der Waals surface area contributed by atoms with Crippen molar-refractivity contribution in [3.05, 3.63) is 65.7 Å². The molecule has 100 valence electrons. The van der Waals surface area contributed by atoms with Gasteiger partial charge in [0.1, 0.15) is 0 Å². The largest absolute Gasteiger partial charge is 0.126 e. The molecule has 0 bridgehead atoms. The van der Waals surface area contributed by atoms with Gasteiger partial charge >= 0.3 is 0 Å². The van der Waals surface area contributed by atoms with Crippen molar-refractivity contribution < 1.29 is 0 Å². The fourth-order valence-electron chi connectivity index (χ4n) is 2.10. The Balaban J connectivity index is 1.82. The fraction of sp³-hybridized carbons (Fsp3) is 0.333. The average Bonchev–Trinajstić information content (AvgIpc) is 2.47. The maximum Gasteiger partial charge on any atom is 0.00747 e. The molecule has 2 rings (SSSR count). The number of unbranched alkanes of at least 4 members (excludes halogenated alkanes) is 1. The van der Waals surface area contributed by atoms with Crippen LogP contribution >= 0.6 is 11.8 Å².